The van der Waals surface area contributed by atoms with Crippen LogP contribution in [0.4, 0.5) is 0 Å². The molecule has 0 nitrogen and oxygen atoms in total. The molecule has 0 atom stereocenters. The molecule has 0 aliphatic rings. The fraction of sp³-hybridized carbons (Fsp3) is 0.579. The molecule has 0 bridgehead atoms. The van der Waals surface area contributed by atoms with E-state index in [1.165, 1.54) is 51.4 Å². The van der Waals surface area contributed by atoms with E-state index in [9.17, 15) is 0 Å². The first-order valence-corrected chi connectivity index (χ1v) is 7.99. The third-order valence-electron chi connectivity index (χ3n) is 3.12. The van der Waals surface area contributed by atoms with Crippen molar-refractivity contribution in [2.75, 3.05) is 0 Å². The molecule has 0 N–H and O–H groups in total. The number of unbranched alkanes of at least 4 members (excludes halogenated alkanes) is 7. The van der Waals surface area contributed by atoms with E-state index in [1.807, 2.05) is 12.2 Å². The number of hydrogen-bond acceptors (Lipinski definition) is 0. The Hall–Kier alpha value is -1.04. The molecule has 0 unspecified atom stereocenters. The van der Waals surface area contributed by atoms with E-state index in [1.54, 1.807) is 0 Å². The average Bonchev–Trinajstić information content (AvgIpc) is 2.43. The highest BCUT2D eigenvalue weighted by Gasteiger charge is 1.88. The molecule has 0 aliphatic carbocycles. The summed E-state index contributed by atoms with van der Waals surface area (Å²) in [6.45, 7) is 5.91. The Morgan fingerprint density at radius 3 is 1.95 bits per heavy atom. The number of allylic oxidation sites excluding steroid dienone is 7. The number of hydrogen-bond donors (Lipinski definition) is 0. The lowest BCUT2D eigenvalue weighted by Gasteiger charge is -1.98. The van der Waals surface area contributed by atoms with Gasteiger partial charge in [0.25, 0.3) is 0 Å². The Kier molecular flexibility index (Phi) is 16.0. The van der Waals surface area contributed by atoms with Crippen molar-refractivity contribution in [1.29, 1.82) is 0 Å². The second-order valence-electron chi connectivity index (χ2n) is 4.99. The van der Waals surface area contributed by atoms with Crippen molar-refractivity contribution in [3.63, 3.8) is 0 Å². The van der Waals surface area contributed by atoms with E-state index in [0.29, 0.717) is 0 Å². The molecule has 0 saturated heterocycles. The van der Waals surface area contributed by atoms with Crippen molar-refractivity contribution in [3.05, 3.63) is 49.1 Å². The highest BCUT2D eigenvalue weighted by molar-refractivity contribution is 5.02. The van der Waals surface area contributed by atoms with Gasteiger partial charge in [-0.1, -0.05) is 94.6 Å². The monoisotopic (exact) mass is 260 g/mol. The van der Waals surface area contributed by atoms with Gasteiger partial charge < -0.3 is 0 Å². The minimum Gasteiger partial charge on any atom is -0.0991 e. The quantitative estimate of drug-likeness (QED) is 0.195. The van der Waals surface area contributed by atoms with Gasteiger partial charge >= 0.3 is 0 Å². The highest BCUT2D eigenvalue weighted by atomic mass is 13.9. The van der Waals surface area contributed by atoms with Gasteiger partial charge in [0.1, 0.15) is 0 Å². The third-order valence-corrected chi connectivity index (χ3v) is 3.12. The van der Waals surface area contributed by atoms with Crippen LogP contribution < -0.4 is 0 Å². The molecular formula is C19H32. The molecule has 0 radical (unpaired) electrons. The van der Waals surface area contributed by atoms with Crippen LogP contribution in [0.15, 0.2) is 49.1 Å². The predicted molar refractivity (Wildman–Crippen MR) is 89.5 cm³/mol. The van der Waals surface area contributed by atoms with Crippen LogP contribution in [0.5, 0.6) is 0 Å². The summed E-state index contributed by atoms with van der Waals surface area (Å²) in [6, 6.07) is 0. The summed E-state index contributed by atoms with van der Waals surface area (Å²) in [5.74, 6) is 0. The van der Waals surface area contributed by atoms with Crippen molar-refractivity contribution < 1.29 is 0 Å². The fourth-order valence-electron chi connectivity index (χ4n) is 1.96. The normalized spacial score (nSPS) is 12.1. The Balaban J connectivity index is 3.21. The second-order valence-corrected chi connectivity index (χ2v) is 4.99. The average molecular weight is 260 g/mol. The summed E-state index contributed by atoms with van der Waals surface area (Å²) >= 11 is 0. The van der Waals surface area contributed by atoms with E-state index in [0.717, 1.165) is 12.8 Å². The summed E-state index contributed by atoms with van der Waals surface area (Å²) in [5, 5.41) is 0. The summed E-state index contributed by atoms with van der Waals surface area (Å²) in [7, 11) is 0. The molecule has 0 saturated carbocycles. The molecule has 0 spiro atoms. The van der Waals surface area contributed by atoms with Crippen molar-refractivity contribution in [3.8, 4) is 0 Å². The predicted octanol–water partition coefficient (Wildman–Crippen LogP) is 6.76. The first-order chi connectivity index (χ1) is 9.41. The van der Waals surface area contributed by atoms with Crippen LogP contribution in [-0.4, -0.2) is 0 Å². The molecule has 0 aromatic rings. The number of rotatable bonds is 13. The van der Waals surface area contributed by atoms with Crippen LogP contribution in [0.2, 0.25) is 0 Å². The van der Waals surface area contributed by atoms with Crippen LogP contribution >= 0.6 is 0 Å². The van der Waals surface area contributed by atoms with Gasteiger partial charge in [-0.05, 0) is 25.7 Å². The maximum atomic E-state index is 3.64. The van der Waals surface area contributed by atoms with Crippen molar-refractivity contribution in [1.82, 2.24) is 0 Å². The second kappa shape index (κ2) is 17.0. The van der Waals surface area contributed by atoms with Crippen molar-refractivity contribution in [2.45, 2.75) is 71.1 Å². The van der Waals surface area contributed by atoms with Crippen molar-refractivity contribution in [2.24, 2.45) is 0 Å². The summed E-state index contributed by atoms with van der Waals surface area (Å²) in [6.07, 6.45) is 28.1. The zero-order chi connectivity index (χ0) is 14.0. The van der Waals surface area contributed by atoms with E-state index in [-0.39, 0.29) is 0 Å². The summed E-state index contributed by atoms with van der Waals surface area (Å²) in [5.41, 5.74) is 0. The molecule has 0 fully saturated rings. The zero-order valence-corrected chi connectivity index (χ0v) is 12.8. The SMILES string of the molecule is C=C/C=C\C/C=C\C/C=C\CCCCCCCCC. The smallest absolute Gasteiger partial charge is 0.0166 e. The van der Waals surface area contributed by atoms with Gasteiger partial charge in [0, 0.05) is 0 Å². The molecule has 0 heterocycles. The topological polar surface area (TPSA) is 0 Å². The highest BCUT2D eigenvalue weighted by Crippen LogP contribution is 2.08. The Morgan fingerprint density at radius 2 is 1.26 bits per heavy atom. The maximum absolute atomic E-state index is 3.64. The first kappa shape index (κ1) is 18.0. The minimum absolute atomic E-state index is 1.01. The summed E-state index contributed by atoms with van der Waals surface area (Å²) in [4.78, 5) is 0. The maximum Gasteiger partial charge on any atom is -0.0166 e. The fourth-order valence-corrected chi connectivity index (χ4v) is 1.96. The molecule has 0 aromatic carbocycles. The van der Waals surface area contributed by atoms with Gasteiger partial charge in [-0.15, -0.1) is 0 Å². The molecule has 0 aromatic heterocycles. The van der Waals surface area contributed by atoms with E-state index < -0.39 is 0 Å². The van der Waals surface area contributed by atoms with Crippen LogP contribution in [0, 0.1) is 0 Å². The lowest BCUT2D eigenvalue weighted by molar-refractivity contribution is 0.592. The van der Waals surface area contributed by atoms with Crippen molar-refractivity contribution >= 4 is 0 Å². The Morgan fingerprint density at radius 1 is 0.684 bits per heavy atom. The van der Waals surface area contributed by atoms with Gasteiger partial charge in [0.15, 0.2) is 0 Å². The molecule has 0 rings (SSSR count). The van der Waals surface area contributed by atoms with Gasteiger partial charge in [0.2, 0.25) is 0 Å². The Bertz CT molecular complexity index is 255. The first-order valence-electron chi connectivity index (χ1n) is 7.99. The minimum atomic E-state index is 1.01. The molecule has 0 heteroatoms. The van der Waals surface area contributed by atoms with Crippen LogP contribution in [0.3, 0.4) is 0 Å². The van der Waals surface area contributed by atoms with E-state index >= 15 is 0 Å². The standard InChI is InChI=1S/C19H32/c1-3-5-7-9-11-13-15-17-19-18-16-14-12-10-8-6-4-2/h3,5,7,11,13,17,19H,1,4,6,8-10,12,14-16,18H2,2H3/b7-5-,13-11-,19-17-. The molecule has 0 amide bonds. The molecular weight excluding hydrogens is 228 g/mol. The largest absolute Gasteiger partial charge is 0.0991 e. The Labute approximate surface area is 121 Å². The molecule has 108 valence electrons. The van der Waals surface area contributed by atoms with Gasteiger partial charge in [-0.2, -0.15) is 0 Å². The van der Waals surface area contributed by atoms with Crippen LogP contribution in [-0.2, 0) is 0 Å². The van der Waals surface area contributed by atoms with Crippen LogP contribution in [0.25, 0.3) is 0 Å². The molecule has 19 heavy (non-hydrogen) atoms. The third kappa shape index (κ3) is 17.0. The van der Waals surface area contributed by atoms with Gasteiger partial charge in [0.05, 0.1) is 0 Å². The summed E-state index contributed by atoms with van der Waals surface area (Å²) < 4.78 is 0. The molecule has 0 aliphatic heterocycles. The van der Waals surface area contributed by atoms with E-state index in [2.05, 4.69) is 43.9 Å². The van der Waals surface area contributed by atoms with E-state index in [4.69, 9.17) is 0 Å². The lowest BCUT2D eigenvalue weighted by atomic mass is 10.1. The lowest BCUT2D eigenvalue weighted by Crippen LogP contribution is -1.78. The zero-order valence-electron chi connectivity index (χ0n) is 12.8. The van der Waals surface area contributed by atoms with Gasteiger partial charge in [-0.3, -0.25) is 0 Å². The van der Waals surface area contributed by atoms with Crippen LogP contribution in [0.1, 0.15) is 71.1 Å². The van der Waals surface area contributed by atoms with Gasteiger partial charge in [-0.25, -0.2) is 0 Å².